The summed E-state index contributed by atoms with van der Waals surface area (Å²) < 4.78 is 27.2. The van der Waals surface area contributed by atoms with Crippen LogP contribution in [-0.2, 0) is 0 Å². The summed E-state index contributed by atoms with van der Waals surface area (Å²) in [7, 11) is 0. The van der Waals surface area contributed by atoms with Crippen molar-refractivity contribution in [1.82, 2.24) is 0 Å². The molecule has 1 saturated carbocycles. The molecule has 3 heteroatoms. The highest BCUT2D eigenvalue weighted by Crippen LogP contribution is 2.37. The summed E-state index contributed by atoms with van der Waals surface area (Å²) in [5, 5.41) is 8.67. The van der Waals surface area contributed by atoms with E-state index in [-0.39, 0.29) is 5.92 Å². The molecule has 0 aromatic heterocycles. The van der Waals surface area contributed by atoms with E-state index in [4.69, 9.17) is 5.26 Å². The second kappa shape index (κ2) is 6.47. The van der Waals surface area contributed by atoms with Crippen LogP contribution in [0.25, 0.3) is 0 Å². The lowest BCUT2D eigenvalue weighted by Gasteiger charge is -2.27. The lowest BCUT2D eigenvalue weighted by atomic mass is 9.78. The molecule has 0 spiro atoms. The average Bonchev–Trinajstić information content (AvgIpc) is 2.45. The van der Waals surface area contributed by atoms with E-state index in [0.717, 1.165) is 25.7 Å². The minimum absolute atomic E-state index is 0.181. The molecule has 0 saturated heterocycles. The van der Waals surface area contributed by atoms with Gasteiger partial charge in [0.25, 0.3) is 0 Å². The predicted octanol–water partition coefficient (Wildman–Crippen LogP) is 4.85. The maximum Gasteiger partial charge on any atom is 0.144 e. The zero-order valence-corrected chi connectivity index (χ0v) is 11.3. The van der Waals surface area contributed by atoms with Gasteiger partial charge in [-0.05, 0) is 55.2 Å². The molecular formula is C17H17F2N. The van der Waals surface area contributed by atoms with E-state index in [0.29, 0.717) is 11.5 Å². The fraction of sp³-hybridized carbons (Fsp3) is 0.353. The second-order valence-corrected chi connectivity index (χ2v) is 5.20. The predicted molar refractivity (Wildman–Crippen MR) is 75.1 cm³/mol. The van der Waals surface area contributed by atoms with Crippen LogP contribution in [0, 0.1) is 28.9 Å². The van der Waals surface area contributed by atoms with Crippen molar-refractivity contribution >= 4 is 0 Å². The summed E-state index contributed by atoms with van der Waals surface area (Å²) in [6.45, 7) is 3.65. The Morgan fingerprint density at radius 3 is 2.25 bits per heavy atom. The van der Waals surface area contributed by atoms with E-state index in [9.17, 15) is 8.78 Å². The van der Waals surface area contributed by atoms with Gasteiger partial charge in [-0.1, -0.05) is 24.8 Å². The van der Waals surface area contributed by atoms with Gasteiger partial charge in [0.05, 0.1) is 0 Å². The molecule has 0 unspecified atom stereocenters. The minimum Gasteiger partial charge on any atom is -0.205 e. The number of hydrogen-bond donors (Lipinski definition) is 0. The van der Waals surface area contributed by atoms with E-state index in [1.165, 1.54) is 12.1 Å². The third kappa shape index (κ3) is 3.14. The van der Waals surface area contributed by atoms with Gasteiger partial charge in [-0.3, -0.25) is 0 Å². The number of halogens is 2. The molecule has 1 aromatic carbocycles. The van der Waals surface area contributed by atoms with Crippen LogP contribution < -0.4 is 0 Å². The Balaban J connectivity index is 2.10. The van der Waals surface area contributed by atoms with Crippen molar-refractivity contribution < 1.29 is 8.78 Å². The van der Waals surface area contributed by atoms with Gasteiger partial charge in [0.2, 0.25) is 0 Å². The number of nitrogens with zero attached hydrogens (tertiary/aromatic N) is 1. The molecule has 0 N–H and O–H groups in total. The summed E-state index contributed by atoms with van der Waals surface area (Å²) >= 11 is 0. The Morgan fingerprint density at radius 1 is 1.15 bits per heavy atom. The summed E-state index contributed by atoms with van der Waals surface area (Å²) in [5.41, 5.74) is 0.182. The Hall–Kier alpha value is -1.95. The average molecular weight is 273 g/mol. The molecule has 0 heterocycles. The number of allylic oxidation sites excluding steroid dienone is 3. The number of nitriles is 1. The van der Waals surface area contributed by atoms with Crippen LogP contribution in [0.5, 0.6) is 0 Å². The molecule has 1 aliphatic rings. The van der Waals surface area contributed by atoms with Crippen molar-refractivity contribution in [3.63, 3.8) is 0 Å². The molecule has 20 heavy (non-hydrogen) atoms. The van der Waals surface area contributed by atoms with Crippen molar-refractivity contribution in [2.75, 3.05) is 0 Å². The molecule has 1 aliphatic carbocycles. The molecule has 1 aromatic rings. The highest BCUT2D eigenvalue weighted by atomic mass is 19.1. The monoisotopic (exact) mass is 273 g/mol. The lowest BCUT2D eigenvalue weighted by molar-refractivity contribution is 0.374. The van der Waals surface area contributed by atoms with E-state index < -0.39 is 17.2 Å². The first-order valence-electron chi connectivity index (χ1n) is 6.84. The van der Waals surface area contributed by atoms with E-state index in [2.05, 4.69) is 12.7 Å². The smallest absolute Gasteiger partial charge is 0.144 e. The highest BCUT2D eigenvalue weighted by Gasteiger charge is 2.23. The topological polar surface area (TPSA) is 23.8 Å². The maximum atomic E-state index is 13.6. The van der Waals surface area contributed by atoms with Gasteiger partial charge in [0, 0.05) is 0 Å². The van der Waals surface area contributed by atoms with Crippen LogP contribution in [-0.4, -0.2) is 0 Å². The molecule has 1 fully saturated rings. The van der Waals surface area contributed by atoms with Crippen LogP contribution >= 0.6 is 0 Å². The first-order chi connectivity index (χ1) is 9.65. The van der Waals surface area contributed by atoms with Crippen molar-refractivity contribution in [1.29, 1.82) is 5.26 Å². The van der Waals surface area contributed by atoms with Gasteiger partial charge in [0.1, 0.15) is 23.3 Å². The molecule has 0 bridgehead atoms. The Morgan fingerprint density at radius 2 is 1.75 bits per heavy atom. The van der Waals surface area contributed by atoms with Crippen LogP contribution in [0.1, 0.15) is 42.7 Å². The number of rotatable bonds is 3. The fourth-order valence-electron chi connectivity index (χ4n) is 2.82. The molecular weight excluding hydrogens is 256 g/mol. The van der Waals surface area contributed by atoms with Crippen LogP contribution in [0.15, 0.2) is 36.9 Å². The molecule has 1 nitrogen and oxygen atoms in total. The van der Waals surface area contributed by atoms with Gasteiger partial charge in [0.15, 0.2) is 0 Å². The van der Waals surface area contributed by atoms with Crippen molar-refractivity contribution in [3.05, 3.63) is 59.7 Å². The zero-order valence-electron chi connectivity index (χ0n) is 11.3. The van der Waals surface area contributed by atoms with Crippen molar-refractivity contribution in [2.24, 2.45) is 5.92 Å². The summed E-state index contributed by atoms with van der Waals surface area (Å²) in [5.74, 6) is -0.801. The van der Waals surface area contributed by atoms with Crippen LogP contribution in [0.3, 0.4) is 0 Å². The van der Waals surface area contributed by atoms with E-state index >= 15 is 0 Å². The highest BCUT2D eigenvalue weighted by molar-refractivity contribution is 5.36. The SMILES string of the molecule is C=C/C=C/C1CCC(c2cc(F)c(C#N)c(F)c2)CC1. The van der Waals surface area contributed by atoms with Gasteiger partial charge < -0.3 is 0 Å². The second-order valence-electron chi connectivity index (χ2n) is 5.20. The Bertz CT molecular complexity index is 538. The van der Waals surface area contributed by atoms with E-state index in [1.54, 1.807) is 12.1 Å². The normalized spacial score (nSPS) is 22.6. The summed E-state index contributed by atoms with van der Waals surface area (Å²) in [6, 6.07) is 4.18. The third-order valence-corrected chi connectivity index (χ3v) is 3.94. The molecule has 104 valence electrons. The lowest BCUT2D eigenvalue weighted by Crippen LogP contribution is -2.12. The summed E-state index contributed by atoms with van der Waals surface area (Å²) in [6.07, 6.45) is 9.71. The quantitative estimate of drug-likeness (QED) is 0.722. The van der Waals surface area contributed by atoms with Gasteiger partial charge >= 0.3 is 0 Å². The van der Waals surface area contributed by atoms with Gasteiger partial charge in [-0.15, -0.1) is 0 Å². The van der Waals surface area contributed by atoms with Crippen molar-refractivity contribution in [2.45, 2.75) is 31.6 Å². The fourth-order valence-corrected chi connectivity index (χ4v) is 2.82. The van der Waals surface area contributed by atoms with Crippen molar-refractivity contribution in [3.8, 4) is 6.07 Å². The Kier molecular flexibility index (Phi) is 4.68. The third-order valence-electron chi connectivity index (χ3n) is 3.94. The molecule has 0 atom stereocenters. The Labute approximate surface area is 118 Å². The van der Waals surface area contributed by atoms with Crippen LogP contribution in [0.4, 0.5) is 8.78 Å². The molecule has 0 aliphatic heterocycles. The molecule has 2 rings (SSSR count). The number of hydrogen-bond acceptors (Lipinski definition) is 1. The summed E-state index contributed by atoms with van der Waals surface area (Å²) in [4.78, 5) is 0. The first kappa shape index (κ1) is 14.5. The molecule has 0 radical (unpaired) electrons. The van der Waals surface area contributed by atoms with Gasteiger partial charge in [-0.25, -0.2) is 8.78 Å². The minimum atomic E-state index is -0.754. The zero-order chi connectivity index (χ0) is 14.5. The van der Waals surface area contributed by atoms with Gasteiger partial charge in [-0.2, -0.15) is 5.26 Å². The van der Waals surface area contributed by atoms with Crippen LogP contribution in [0.2, 0.25) is 0 Å². The number of benzene rings is 1. The largest absolute Gasteiger partial charge is 0.205 e. The first-order valence-corrected chi connectivity index (χ1v) is 6.84. The molecule has 0 amide bonds. The standard InChI is InChI=1S/C17H17F2N/c1-2-3-4-12-5-7-13(8-6-12)14-9-16(18)15(11-20)17(19)10-14/h2-4,9-10,12-13H,1,5-8H2/b4-3+. The maximum absolute atomic E-state index is 13.6. The van der Waals surface area contributed by atoms with E-state index in [1.807, 2.05) is 6.08 Å².